The lowest BCUT2D eigenvalue weighted by atomic mass is 9.79. The van der Waals surface area contributed by atoms with E-state index in [-0.39, 0.29) is 5.41 Å². The number of fused-ring (bicyclic) bond motifs is 7. The van der Waals surface area contributed by atoms with E-state index in [4.69, 9.17) is 20.4 Å². The molecule has 0 bridgehead atoms. The molecule has 0 N–H and O–H groups in total. The molecule has 2 aromatic heterocycles. The van der Waals surface area contributed by atoms with E-state index in [2.05, 4.69) is 278 Å². The van der Waals surface area contributed by atoms with Crippen molar-refractivity contribution in [1.29, 1.82) is 0 Å². The first-order valence-corrected chi connectivity index (χ1v) is 30.4. The normalized spacial score (nSPS) is 12.5. The van der Waals surface area contributed by atoms with Gasteiger partial charge in [0.25, 0.3) is 0 Å². The number of nitrogens with zero attached hydrogens (tertiary/aromatic N) is 6. The Morgan fingerprint density at radius 2 is 0.584 bits per heavy atom. The van der Waals surface area contributed by atoms with Crippen molar-refractivity contribution in [3.05, 3.63) is 314 Å². The summed E-state index contributed by atoms with van der Waals surface area (Å²) in [5.74, 6) is 3.18. The van der Waals surface area contributed by atoms with Crippen LogP contribution in [0, 0.1) is 0 Å². The van der Waals surface area contributed by atoms with Gasteiger partial charge in [0.05, 0.1) is 0 Å². The maximum Gasteiger partial charge on any atom is 0.168 e. The Bertz CT molecular complexity index is 5420. The Kier molecular flexibility index (Phi) is 12.1. The molecule has 0 spiro atoms. The van der Waals surface area contributed by atoms with Gasteiger partial charge in [-0.25, -0.2) is 0 Å². The van der Waals surface area contributed by atoms with Gasteiger partial charge < -0.3 is 0 Å². The highest BCUT2D eigenvalue weighted by molar-refractivity contribution is 6.24. The minimum absolute atomic E-state index is 0.330. The summed E-state index contributed by atoms with van der Waals surface area (Å²) in [5, 5.41) is 28.9. The van der Waals surface area contributed by atoms with E-state index in [1.165, 1.54) is 93.2 Å². The summed E-state index contributed by atoms with van der Waals surface area (Å²) in [5.41, 5.74) is 20.2. The van der Waals surface area contributed by atoms with Gasteiger partial charge in [-0.15, -0.1) is 20.4 Å². The van der Waals surface area contributed by atoms with Crippen LogP contribution in [0.2, 0.25) is 0 Å². The SMILES string of the molecule is CC1(C)c2cc(-c3ccc(-c4nnc(-c5ccccc5)n4-c4ccccc4)cc3)ccc2-c2cc3c(-c4ccc5ccccc5c4)c4ccc(-c5ccc(-c6nnc(-c7ccccc7)n6-c6ccccc6)cc5)cc4c(-c4ccc5ccccc5c4)c3cc21. The zero-order valence-electron chi connectivity index (χ0n) is 49.1. The van der Waals surface area contributed by atoms with Crippen LogP contribution in [0.5, 0.6) is 0 Å². The lowest BCUT2D eigenvalue weighted by molar-refractivity contribution is 0.661. The summed E-state index contributed by atoms with van der Waals surface area (Å²) in [7, 11) is 0. The van der Waals surface area contributed by atoms with Crippen molar-refractivity contribution in [2.24, 2.45) is 0 Å². The maximum absolute atomic E-state index is 4.84. The first-order chi connectivity index (χ1) is 43.9. The summed E-state index contributed by atoms with van der Waals surface area (Å²) in [6.45, 7) is 4.81. The zero-order chi connectivity index (χ0) is 59.2. The Morgan fingerprint density at radius 3 is 1.08 bits per heavy atom. The lowest BCUT2D eigenvalue weighted by Gasteiger charge is -2.24. The highest BCUT2D eigenvalue weighted by atomic mass is 15.3. The fourth-order valence-corrected chi connectivity index (χ4v) is 13.9. The van der Waals surface area contributed by atoms with Gasteiger partial charge in [-0.3, -0.25) is 9.13 Å². The van der Waals surface area contributed by atoms with E-state index in [0.29, 0.717) is 0 Å². The topological polar surface area (TPSA) is 61.4 Å². The van der Waals surface area contributed by atoms with E-state index in [9.17, 15) is 0 Å². The summed E-state index contributed by atoms with van der Waals surface area (Å²) in [4.78, 5) is 0. The standard InChI is InChI=1S/C83H56N6/c1-83(2)75-50-64(56-33-39-60(40-34-56)82-87-85-80(58-23-9-4-10-24-58)89(82)68-29-13-6-14-30-68)43-45-69(75)71-51-73-74(52-76(71)83)78(66-42-36-54-20-16-18-26-62(54)48-66)72-49-63(44-46-70(72)77(73)65-41-35-53-19-15-17-25-61(53)47-65)55-31-37-59(38-32-55)81-86-84-79(57-21-7-3-8-22-57)88(81)67-27-11-5-12-28-67/h3-52H,1-2H3. The monoisotopic (exact) mass is 1140 g/mol. The van der Waals surface area contributed by atoms with Crippen LogP contribution in [0.1, 0.15) is 25.0 Å². The molecular formula is C83H56N6. The molecule has 2 heterocycles. The molecule has 0 atom stereocenters. The van der Waals surface area contributed by atoms with Gasteiger partial charge in [0, 0.05) is 39.0 Å². The second-order valence-electron chi connectivity index (χ2n) is 23.9. The molecular weight excluding hydrogens is 1080 g/mol. The Hall–Kier alpha value is -11.6. The quantitative estimate of drug-likeness (QED) is 0.128. The largest absolute Gasteiger partial charge is 0.275 e. The molecule has 16 aromatic rings. The third-order valence-electron chi connectivity index (χ3n) is 18.4. The van der Waals surface area contributed by atoms with Gasteiger partial charge in [0.2, 0.25) is 0 Å². The van der Waals surface area contributed by atoms with Gasteiger partial charge in [0.15, 0.2) is 23.3 Å². The minimum Gasteiger partial charge on any atom is -0.275 e. The van der Waals surface area contributed by atoms with Gasteiger partial charge >= 0.3 is 0 Å². The first kappa shape index (κ1) is 51.8. The van der Waals surface area contributed by atoms with E-state index in [1.54, 1.807) is 0 Å². The zero-order valence-corrected chi connectivity index (χ0v) is 49.1. The van der Waals surface area contributed by atoms with Crippen molar-refractivity contribution in [3.63, 3.8) is 0 Å². The molecule has 1 aliphatic rings. The Morgan fingerprint density at radius 1 is 0.236 bits per heavy atom. The maximum atomic E-state index is 4.84. The Balaban J connectivity index is 0.823. The van der Waals surface area contributed by atoms with Crippen LogP contribution in [0.15, 0.2) is 303 Å². The molecule has 418 valence electrons. The fraction of sp³-hybridized carbons (Fsp3) is 0.0361. The van der Waals surface area contributed by atoms with Crippen molar-refractivity contribution in [2.75, 3.05) is 0 Å². The minimum atomic E-state index is -0.330. The molecule has 14 aromatic carbocycles. The van der Waals surface area contributed by atoms with Crippen molar-refractivity contribution in [2.45, 2.75) is 19.3 Å². The van der Waals surface area contributed by atoms with Crippen molar-refractivity contribution < 1.29 is 0 Å². The van der Waals surface area contributed by atoms with Crippen LogP contribution in [0.4, 0.5) is 0 Å². The van der Waals surface area contributed by atoms with Gasteiger partial charge in [-0.2, -0.15) is 0 Å². The number of para-hydroxylation sites is 2. The lowest BCUT2D eigenvalue weighted by Crippen LogP contribution is -2.15. The van der Waals surface area contributed by atoms with Crippen LogP contribution in [0.25, 0.3) is 156 Å². The van der Waals surface area contributed by atoms with Crippen LogP contribution in [0.3, 0.4) is 0 Å². The molecule has 17 rings (SSSR count). The third kappa shape index (κ3) is 8.71. The fourth-order valence-electron chi connectivity index (χ4n) is 13.9. The number of aromatic nitrogens is 6. The number of hydrogen-bond donors (Lipinski definition) is 0. The average molecular weight is 1140 g/mol. The number of rotatable bonds is 10. The number of hydrogen-bond acceptors (Lipinski definition) is 4. The van der Waals surface area contributed by atoms with Crippen LogP contribution in [-0.2, 0) is 5.41 Å². The second-order valence-corrected chi connectivity index (χ2v) is 23.9. The molecule has 6 heteroatoms. The molecule has 1 aliphatic carbocycles. The van der Waals surface area contributed by atoms with Crippen molar-refractivity contribution >= 4 is 43.1 Å². The first-order valence-electron chi connectivity index (χ1n) is 30.4. The predicted octanol–water partition coefficient (Wildman–Crippen LogP) is 21.1. The summed E-state index contributed by atoms with van der Waals surface area (Å²) >= 11 is 0. The molecule has 0 radical (unpaired) electrons. The summed E-state index contributed by atoms with van der Waals surface area (Å²) < 4.78 is 4.32. The van der Waals surface area contributed by atoms with Gasteiger partial charge in [0.1, 0.15) is 0 Å². The molecule has 0 aliphatic heterocycles. The molecule has 0 unspecified atom stereocenters. The summed E-state index contributed by atoms with van der Waals surface area (Å²) in [6, 6.07) is 110. The highest BCUT2D eigenvalue weighted by Gasteiger charge is 2.37. The smallest absolute Gasteiger partial charge is 0.168 e. The van der Waals surface area contributed by atoms with E-state index < -0.39 is 0 Å². The summed E-state index contributed by atoms with van der Waals surface area (Å²) in [6.07, 6.45) is 0. The van der Waals surface area contributed by atoms with Crippen molar-refractivity contribution in [1.82, 2.24) is 29.5 Å². The highest BCUT2D eigenvalue weighted by Crippen LogP contribution is 2.55. The Labute approximate surface area is 516 Å². The third-order valence-corrected chi connectivity index (χ3v) is 18.4. The van der Waals surface area contributed by atoms with Crippen LogP contribution in [-0.4, -0.2) is 29.5 Å². The van der Waals surface area contributed by atoms with Gasteiger partial charge in [-0.05, 0) is 171 Å². The van der Waals surface area contributed by atoms with E-state index in [1.807, 2.05) is 48.5 Å². The van der Waals surface area contributed by atoms with E-state index in [0.717, 1.165) is 73.6 Å². The van der Waals surface area contributed by atoms with Crippen molar-refractivity contribution in [3.8, 4) is 113 Å². The number of benzene rings is 14. The van der Waals surface area contributed by atoms with E-state index >= 15 is 0 Å². The van der Waals surface area contributed by atoms with Crippen LogP contribution >= 0.6 is 0 Å². The molecule has 0 amide bonds. The van der Waals surface area contributed by atoms with Crippen LogP contribution < -0.4 is 0 Å². The molecule has 6 nitrogen and oxygen atoms in total. The molecule has 0 saturated heterocycles. The molecule has 0 fully saturated rings. The van der Waals surface area contributed by atoms with Gasteiger partial charge in [-0.1, -0.05) is 257 Å². The predicted molar refractivity (Wildman–Crippen MR) is 367 cm³/mol. The second kappa shape index (κ2) is 20.8. The molecule has 0 saturated carbocycles. The average Bonchev–Trinajstić information content (AvgIpc) is 1.71. The molecule has 89 heavy (non-hydrogen) atoms.